The second-order valence-corrected chi connectivity index (χ2v) is 4.37. The first-order valence-corrected chi connectivity index (χ1v) is 5.75. The quantitative estimate of drug-likeness (QED) is 0.893. The second kappa shape index (κ2) is 4.47. The van der Waals surface area contributed by atoms with Gasteiger partial charge in [0, 0.05) is 11.8 Å². The summed E-state index contributed by atoms with van der Waals surface area (Å²) in [4.78, 5) is 4.27. The van der Waals surface area contributed by atoms with Crippen molar-refractivity contribution in [2.24, 2.45) is 0 Å². The van der Waals surface area contributed by atoms with Gasteiger partial charge in [0.2, 0.25) is 0 Å². The SMILES string of the molecule is Cc1nn(-c2ncccc2[C@@H](C)O)c(C)c1Cl. The molecule has 1 N–H and O–H groups in total. The molecule has 0 bridgehead atoms. The Bertz CT molecular complexity index is 549. The molecule has 0 aromatic carbocycles. The number of halogens is 1. The summed E-state index contributed by atoms with van der Waals surface area (Å²) in [5, 5.41) is 14.7. The van der Waals surface area contributed by atoms with Crippen molar-refractivity contribution >= 4 is 11.6 Å². The topological polar surface area (TPSA) is 50.9 Å². The standard InChI is InChI=1S/C12H14ClN3O/c1-7-11(13)8(2)16(15-7)12-10(9(3)17)5-4-6-14-12/h4-6,9,17H,1-3H3/t9-/m1/s1. The van der Waals surface area contributed by atoms with Gasteiger partial charge in [-0.3, -0.25) is 0 Å². The van der Waals surface area contributed by atoms with Crippen LogP contribution in [0, 0.1) is 13.8 Å². The fourth-order valence-corrected chi connectivity index (χ4v) is 1.86. The van der Waals surface area contributed by atoms with Gasteiger partial charge >= 0.3 is 0 Å². The van der Waals surface area contributed by atoms with E-state index in [1.807, 2.05) is 19.9 Å². The Balaban J connectivity index is 2.64. The molecule has 2 heterocycles. The van der Waals surface area contributed by atoms with Gasteiger partial charge in [-0.05, 0) is 26.8 Å². The minimum Gasteiger partial charge on any atom is -0.389 e. The highest BCUT2D eigenvalue weighted by Gasteiger charge is 2.16. The Labute approximate surface area is 105 Å². The van der Waals surface area contributed by atoms with Crippen molar-refractivity contribution in [1.29, 1.82) is 0 Å². The lowest BCUT2D eigenvalue weighted by Crippen LogP contribution is -2.07. The molecule has 0 aliphatic carbocycles. The van der Waals surface area contributed by atoms with E-state index in [4.69, 9.17) is 11.6 Å². The van der Waals surface area contributed by atoms with Gasteiger partial charge in [0.15, 0.2) is 5.82 Å². The minimum atomic E-state index is -0.596. The van der Waals surface area contributed by atoms with E-state index >= 15 is 0 Å². The lowest BCUT2D eigenvalue weighted by molar-refractivity contribution is 0.198. The van der Waals surface area contributed by atoms with Gasteiger partial charge < -0.3 is 5.11 Å². The van der Waals surface area contributed by atoms with Crippen molar-refractivity contribution in [2.45, 2.75) is 26.9 Å². The smallest absolute Gasteiger partial charge is 0.159 e. The molecule has 0 unspecified atom stereocenters. The summed E-state index contributed by atoms with van der Waals surface area (Å²) < 4.78 is 1.67. The fraction of sp³-hybridized carbons (Fsp3) is 0.333. The zero-order valence-electron chi connectivity index (χ0n) is 9.98. The lowest BCUT2D eigenvalue weighted by Gasteiger charge is -2.11. The zero-order chi connectivity index (χ0) is 12.6. The van der Waals surface area contributed by atoms with E-state index in [-0.39, 0.29) is 0 Å². The van der Waals surface area contributed by atoms with Crippen LogP contribution in [0.5, 0.6) is 0 Å². The number of aryl methyl sites for hydroxylation is 1. The predicted molar refractivity (Wildman–Crippen MR) is 66.5 cm³/mol. The molecule has 0 aliphatic heterocycles. The van der Waals surface area contributed by atoms with E-state index < -0.39 is 6.10 Å². The molecule has 0 aliphatic rings. The summed E-state index contributed by atoms with van der Waals surface area (Å²) >= 11 is 6.11. The molecule has 1 atom stereocenters. The van der Waals surface area contributed by atoms with Crippen molar-refractivity contribution in [3.05, 3.63) is 40.3 Å². The van der Waals surface area contributed by atoms with E-state index in [9.17, 15) is 5.11 Å². The van der Waals surface area contributed by atoms with E-state index in [0.717, 1.165) is 17.0 Å². The summed E-state index contributed by atoms with van der Waals surface area (Å²) in [6, 6.07) is 3.62. The number of nitrogens with zero attached hydrogens (tertiary/aromatic N) is 3. The van der Waals surface area contributed by atoms with Crippen molar-refractivity contribution in [3.8, 4) is 5.82 Å². The molecule has 2 aromatic heterocycles. The molecule has 2 aromatic rings. The van der Waals surface area contributed by atoms with Crippen molar-refractivity contribution in [2.75, 3.05) is 0 Å². The number of hydrogen-bond donors (Lipinski definition) is 1. The van der Waals surface area contributed by atoms with Crippen LogP contribution >= 0.6 is 11.6 Å². The number of aromatic nitrogens is 3. The first kappa shape index (κ1) is 12.1. The summed E-state index contributed by atoms with van der Waals surface area (Å²) in [7, 11) is 0. The summed E-state index contributed by atoms with van der Waals surface area (Å²) in [6.45, 7) is 5.42. The zero-order valence-corrected chi connectivity index (χ0v) is 10.7. The van der Waals surface area contributed by atoms with Crippen LogP contribution in [0.25, 0.3) is 5.82 Å². The molecule has 0 saturated carbocycles. The van der Waals surface area contributed by atoms with Gasteiger partial charge in [0.25, 0.3) is 0 Å². The van der Waals surface area contributed by atoms with E-state index in [2.05, 4.69) is 10.1 Å². The van der Waals surface area contributed by atoms with Gasteiger partial charge in [-0.2, -0.15) is 5.10 Å². The number of rotatable bonds is 2. The molecule has 0 saturated heterocycles. The first-order valence-electron chi connectivity index (χ1n) is 5.37. The summed E-state index contributed by atoms with van der Waals surface area (Å²) in [5.74, 6) is 0.620. The molecule has 0 radical (unpaired) electrons. The van der Waals surface area contributed by atoms with Crippen molar-refractivity contribution in [3.63, 3.8) is 0 Å². The van der Waals surface area contributed by atoms with Gasteiger partial charge in [-0.15, -0.1) is 0 Å². The average molecular weight is 252 g/mol. The first-order chi connectivity index (χ1) is 8.02. The van der Waals surface area contributed by atoms with Crippen LogP contribution in [0.3, 0.4) is 0 Å². The van der Waals surface area contributed by atoms with Crippen LogP contribution in [0.1, 0.15) is 30.0 Å². The average Bonchev–Trinajstić information content (AvgIpc) is 2.57. The molecule has 90 valence electrons. The maximum absolute atomic E-state index is 9.72. The fourth-order valence-electron chi connectivity index (χ4n) is 1.74. The highest BCUT2D eigenvalue weighted by Crippen LogP contribution is 2.25. The normalized spacial score (nSPS) is 12.8. The van der Waals surface area contributed by atoms with E-state index in [1.165, 1.54) is 0 Å². The molecular formula is C12H14ClN3O. The second-order valence-electron chi connectivity index (χ2n) is 3.99. The molecule has 4 nitrogen and oxygen atoms in total. The Morgan fingerprint density at radius 2 is 2.12 bits per heavy atom. The predicted octanol–water partition coefficient (Wildman–Crippen LogP) is 2.59. The minimum absolute atomic E-state index is 0.596. The Morgan fingerprint density at radius 3 is 2.65 bits per heavy atom. The molecule has 0 amide bonds. The maximum Gasteiger partial charge on any atom is 0.159 e. The van der Waals surface area contributed by atoms with Crippen LogP contribution in [-0.4, -0.2) is 19.9 Å². The molecule has 0 spiro atoms. The van der Waals surface area contributed by atoms with Crippen LogP contribution in [-0.2, 0) is 0 Å². The molecular weight excluding hydrogens is 238 g/mol. The van der Waals surface area contributed by atoms with Gasteiger partial charge in [0.05, 0.1) is 22.5 Å². The van der Waals surface area contributed by atoms with E-state index in [1.54, 1.807) is 23.9 Å². The summed E-state index contributed by atoms with van der Waals surface area (Å²) in [6.07, 6.45) is 1.08. The van der Waals surface area contributed by atoms with Crippen LogP contribution in [0.2, 0.25) is 5.02 Å². The monoisotopic (exact) mass is 251 g/mol. The highest BCUT2D eigenvalue weighted by atomic mass is 35.5. The summed E-state index contributed by atoms with van der Waals surface area (Å²) in [5.41, 5.74) is 2.31. The molecule has 2 rings (SSSR count). The molecule has 0 fully saturated rings. The highest BCUT2D eigenvalue weighted by molar-refractivity contribution is 6.31. The number of aliphatic hydroxyl groups is 1. The lowest BCUT2D eigenvalue weighted by atomic mass is 10.1. The Hall–Kier alpha value is -1.39. The van der Waals surface area contributed by atoms with Gasteiger partial charge in [-0.25, -0.2) is 9.67 Å². The van der Waals surface area contributed by atoms with E-state index in [0.29, 0.717) is 10.8 Å². The maximum atomic E-state index is 9.72. The van der Waals surface area contributed by atoms with Crippen molar-refractivity contribution in [1.82, 2.24) is 14.8 Å². The third-order valence-corrected chi connectivity index (χ3v) is 3.22. The number of aliphatic hydroxyl groups excluding tert-OH is 1. The van der Waals surface area contributed by atoms with Gasteiger partial charge in [-0.1, -0.05) is 17.7 Å². The van der Waals surface area contributed by atoms with Gasteiger partial charge in [0.1, 0.15) is 0 Å². The largest absolute Gasteiger partial charge is 0.389 e. The van der Waals surface area contributed by atoms with Crippen molar-refractivity contribution < 1.29 is 5.11 Å². The molecule has 17 heavy (non-hydrogen) atoms. The van der Waals surface area contributed by atoms with Crippen LogP contribution in [0.15, 0.2) is 18.3 Å². The number of hydrogen-bond acceptors (Lipinski definition) is 3. The Morgan fingerprint density at radius 1 is 1.41 bits per heavy atom. The third-order valence-electron chi connectivity index (χ3n) is 2.67. The third kappa shape index (κ3) is 2.06. The van der Waals surface area contributed by atoms with Crippen LogP contribution in [0.4, 0.5) is 0 Å². The van der Waals surface area contributed by atoms with Crippen LogP contribution < -0.4 is 0 Å². The Kier molecular flexibility index (Phi) is 3.17. The molecule has 5 heteroatoms. The number of pyridine rings is 1.